The number of anilines is 1. The van der Waals surface area contributed by atoms with E-state index in [1.165, 1.54) is 6.07 Å². The Balaban J connectivity index is 1.66. The van der Waals surface area contributed by atoms with E-state index < -0.39 is 33.7 Å². The number of aliphatic hydroxyl groups is 1. The van der Waals surface area contributed by atoms with E-state index in [9.17, 15) is 23.5 Å². The van der Waals surface area contributed by atoms with Gasteiger partial charge < -0.3 is 15.3 Å². The van der Waals surface area contributed by atoms with Crippen LogP contribution >= 0.6 is 11.6 Å². The molecular formula is C22H21ClF2N2O3. The summed E-state index contributed by atoms with van der Waals surface area (Å²) >= 11 is 5.78. The Labute approximate surface area is 177 Å². The van der Waals surface area contributed by atoms with E-state index in [1.54, 1.807) is 30.9 Å². The molecule has 0 radical (unpaired) electrons. The van der Waals surface area contributed by atoms with E-state index in [-0.39, 0.29) is 29.1 Å². The number of hydrogen-bond acceptors (Lipinski definition) is 3. The minimum Gasteiger partial charge on any atom is -0.388 e. The molecule has 0 aromatic heterocycles. The first-order valence-corrected chi connectivity index (χ1v) is 10.1. The molecule has 1 saturated carbocycles. The molecule has 8 heteroatoms. The number of amides is 2. The summed E-state index contributed by atoms with van der Waals surface area (Å²) in [4.78, 5) is 27.5. The van der Waals surface area contributed by atoms with E-state index in [1.807, 2.05) is 0 Å². The molecule has 2 amide bonds. The van der Waals surface area contributed by atoms with Gasteiger partial charge in [0, 0.05) is 6.54 Å². The molecule has 30 heavy (non-hydrogen) atoms. The molecule has 1 heterocycles. The normalized spacial score (nSPS) is 17.1. The summed E-state index contributed by atoms with van der Waals surface area (Å²) < 4.78 is 27.8. The molecule has 0 saturated heterocycles. The summed E-state index contributed by atoms with van der Waals surface area (Å²) in [6.07, 6.45) is 1.88. The van der Waals surface area contributed by atoms with E-state index in [4.69, 9.17) is 11.6 Å². The third-order valence-electron chi connectivity index (χ3n) is 5.61. The topological polar surface area (TPSA) is 69.6 Å². The molecule has 1 fully saturated rings. The van der Waals surface area contributed by atoms with Crippen molar-refractivity contribution in [2.75, 3.05) is 5.32 Å². The number of rotatable bonds is 5. The lowest BCUT2D eigenvalue weighted by Crippen LogP contribution is -2.51. The van der Waals surface area contributed by atoms with Gasteiger partial charge in [0.05, 0.1) is 33.5 Å². The fourth-order valence-corrected chi connectivity index (χ4v) is 4.50. The molecular weight excluding hydrogens is 414 g/mol. The summed E-state index contributed by atoms with van der Waals surface area (Å²) in [5, 5.41) is 12.5. The minimum absolute atomic E-state index is 0.190. The zero-order chi connectivity index (χ0) is 21.8. The Morgan fingerprint density at radius 2 is 1.90 bits per heavy atom. The first-order valence-electron chi connectivity index (χ1n) is 9.69. The predicted octanol–water partition coefficient (Wildman–Crippen LogP) is 4.38. The van der Waals surface area contributed by atoms with Crippen LogP contribution < -0.4 is 5.32 Å². The molecule has 2 aromatic carbocycles. The average molecular weight is 435 g/mol. The number of carbonyl (C=O) groups excluding carboxylic acids is 2. The smallest absolute Gasteiger partial charge is 0.260 e. The van der Waals surface area contributed by atoms with Crippen molar-refractivity contribution in [1.82, 2.24) is 4.90 Å². The maximum absolute atomic E-state index is 14.1. The molecule has 2 aromatic rings. The second-order valence-electron chi connectivity index (χ2n) is 8.38. The molecule has 2 N–H and O–H groups in total. The quantitative estimate of drug-likeness (QED) is 0.686. The number of halogens is 3. The molecule has 0 unspecified atom stereocenters. The first kappa shape index (κ1) is 20.8. The van der Waals surface area contributed by atoms with Crippen LogP contribution in [-0.2, 0) is 6.54 Å². The molecule has 5 nitrogen and oxygen atoms in total. The van der Waals surface area contributed by atoms with Crippen LogP contribution in [0, 0.1) is 17.6 Å². The van der Waals surface area contributed by atoms with Gasteiger partial charge >= 0.3 is 0 Å². The highest BCUT2D eigenvalue weighted by molar-refractivity contribution is 6.34. The number of hydrogen-bond donors (Lipinski definition) is 2. The summed E-state index contributed by atoms with van der Waals surface area (Å²) in [7, 11) is 0. The summed E-state index contributed by atoms with van der Waals surface area (Å²) in [6.45, 7) is 3.67. The zero-order valence-electron chi connectivity index (χ0n) is 16.5. The van der Waals surface area contributed by atoms with Crippen molar-refractivity contribution >= 4 is 29.1 Å². The average Bonchev–Trinajstić information content (AvgIpc) is 3.42. The van der Waals surface area contributed by atoms with E-state index >= 15 is 0 Å². The van der Waals surface area contributed by atoms with Gasteiger partial charge in [-0.25, -0.2) is 8.78 Å². The fraction of sp³-hybridized carbons (Fsp3) is 0.364. The van der Waals surface area contributed by atoms with Crippen LogP contribution in [0.25, 0.3) is 0 Å². The molecule has 1 atom stereocenters. The molecule has 0 spiro atoms. The summed E-state index contributed by atoms with van der Waals surface area (Å²) in [5.41, 5.74) is -0.535. The van der Waals surface area contributed by atoms with Gasteiger partial charge in [0.2, 0.25) is 0 Å². The first-order chi connectivity index (χ1) is 14.1. The van der Waals surface area contributed by atoms with Crippen LogP contribution in [0.15, 0.2) is 30.3 Å². The van der Waals surface area contributed by atoms with Crippen molar-refractivity contribution in [3.8, 4) is 0 Å². The second kappa shape index (κ2) is 7.32. The lowest BCUT2D eigenvalue weighted by atomic mass is 9.93. The van der Waals surface area contributed by atoms with Crippen LogP contribution in [0.3, 0.4) is 0 Å². The van der Waals surface area contributed by atoms with Crippen LogP contribution in [0.2, 0.25) is 5.02 Å². The fourth-order valence-electron chi connectivity index (χ4n) is 4.26. The van der Waals surface area contributed by atoms with Crippen LogP contribution in [-0.4, -0.2) is 33.5 Å². The van der Waals surface area contributed by atoms with E-state index in [2.05, 4.69) is 5.32 Å². The number of nitrogens with one attached hydrogen (secondary N) is 1. The highest BCUT2D eigenvalue weighted by atomic mass is 35.5. The predicted molar refractivity (Wildman–Crippen MR) is 108 cm³/mol. The Kier molecular flexibility index (Phi) is 5.06. The van der Waals surface area contributed by atoms with Gasteiger partial charge in [-0.3, -0.25) is 9.59 Å². The Bertz CT molecular complexity index is 1050. The van der Waals surface area contributed by atoms with Crippen LogP contribution in [0.4, 0.5) is 14.5 Å². The lowest BCUT2D eigenvalue weighted by molar-refractivity contribution is -0.0224. The van der Waals surface area contributed by atoms with Gasteiger partial charge in [-0.05, 0) is 56.4 Å². The Morgan fingerprint density at radius 3 is 2.53 bits per heavy atom. The van der Waals surface area contributed by atoms with Crippen LogP contribution in [0.5, 0.6) is 0 Å². The molecule has 2 aliphatic rings. The highest BCUT2D eigenvalue weighted by Gasteiger charge is 2.48. The number of fused-ring (bicyclic) bond motifs is 1. The molecule has 1 aliphatic heterocycles. The van der Waals surface area contributed by atoms with E-state index in [0.29, 0.717) is 12.1 Å². The zero-order valence-corrected chi connectivity index (χ0v) is 17.3. The van der Waals surface area contributed by atoms with Gasteiger partial charge in [-0.15, -0.1) is 0 Å². The van der Waals surface area contributed by atoms with Crippen molar-refractivity contribution in [2.24, 2.45) is 5.92 Å². The van der Waals surface area contributed by atoms with Crippen molar-refractivity contribution in [1.29, 1.82) is 0 Å². The van der Waals surface area contributed by atoms with Gasteiger partial charge in [0.1, 0.15) is 11.6 Å². The Morgan fingerprint density at radius 1 is 1.23 bits per heavy atom. The number of nitrogens with zero attached hydrogens (tertiary/aromatic N) is 1. The minimum atomic E-state index is -1.08. The molecule has 0 bridgehead atoms. The van der Waals surface area contributed by atoms with Crippen molar-refractivity contribution in [3.05, 3.63) is 63.7 Å². The Hall–Kier alpha value is -2.51. The number of benzene rings is 2. The van der Waals surface area contributed by atoms with Gasteiger partial charge in [-0.2, -0.15) is 0 Å². The monoisotopic (exact) mass is 434 g/mol. The molecule has 4 rings (SSSR count). The number of carbonyl (C=O) groups is 2. The maximum Gasteiger partial charge on any atom is 0.260 e. The molecule has 1 aliphatic carbocycles. The maximum atomic E-state index is 14.1. The second-order valence-corrected chi connectivity index (χ2v) is 8.76. The van der Waals surface area contributed by atoms with Crippen molar-refractivity contribution < 1.29 is 23.5 Å². The molecule has 158 valence electrons. The lowest BCUT2D eigenvalue weighted by Gasteiger charge is -2.37. The third-order valence-corrected chi connectivity index (χ3v) is 5.98. The standard InChI is InChI=1S/C22H21ClF2N2O3/c1-22(2,30)19(11-6-7-11)27-10-12-4-3-5-15(16(12)21(27)29)26-20(28)17-13(24)8-9-14(25)18(17)23/h3-5,8-9,11,19,30H,6-7,10H2,1-2H3,(H,26,28)/t19-/m0/s1. The highest BCUT2D eigenvalue weighted by Crippen LogP contribution is 2.43. The van der Waals surface area contributed by atoms with Crippen molar-refractivity contribution in [2.45, 2.75) is 44.9 Å². The SMILES string of the molecule is CC(C)(O)[C@H](C1CC1)N1Cc2cccc(NC(=O)c3c(F)ccc(F)c3Cl)c2C1=O. The van der Waals surface area contributed by atoms with Gasteiger partial charge in [0.15, 0.2) is 0 Å². The summed E-state index contributed by atoms with van der Waals surface area (Å²) in [6, 6.07) is 6.28. The van der Waals surface area contributed by atoms with Crippen LogP contribution in [0.1, 0.15) is 53.0 Å². The van der Waals surface area contributed by atoms with E-state index in [0.717, 1.165) is 25.0 Å². The van der Waals surface area contributed by atoms with Crippen molar-refractivity contribution in [3.63, 3.8) is 0 Å². The van der Waals surface area contributed by atoms with Gasteiger partial charge in [-0.1, -0.05) is 23.7 Å². The summed E-state index contributed by atoms with van der Waals surface area (Å²) in [5.74, 6) is -2.92. The third kappa shape index (κ3) is 3.56. The van der Waals surface area contributed by atoms with Gasteiger partial charge in [0.25, 0.3) is 11.8 Å². The largest absolute Gasteiger partial charge is 0.388 e.